The zero-order chi connectivity index (χ0) is 15.4. The molecule has 5 heteroatoms. The van der Waals surface area contributed by atoms with Crippen LogP contribution in [0.3, 0.4) is 0 Å². The number of benzene rings is 2. The summed E-state index contributed by atoms with van der Waals surface area (Å²) in [6.45, 7) is 1.84. The molecule has 1 unspecified atom stereocenters. The van der Waals surface area contributed by atoms with Crippen LogP contribution in [0.15, 0.2) is 36.4 Å². The van der Waals surface area contributed by atoms with Gasteiger partial charge >= 0.3 is 0 Å². The SMILES string of the molecule is COc1ccc(CC(C)Nc2cc(F)c(F)cc2F)cc1. The molecule has 1 N–H and O–H groups in total. The molecule has 0 heterocycles. The fraction of sp³-hybridized carbons (Fsp3) is 0.250. The largest absolute Gasteiger partial charge is 0.497 e. The van der Waals surface area contributed by atoms with Crippen LogP contribution in [-0.2, 0) is 6.42 Å². The zero-order valence-corrected chi connectivity index (χ0v) is 11.8. The Hall–Kier alpha value is -2.17. The van der Waals surface area contributed by atoms with Crippen LogP contribution in [0.5, 0.6) is 5.75 Å². The van der Waals surface area contributed by atoms with Crippen molar-refractivity contribution in [2.45, 2.75) is 19.4 Å². The summed E-state index contributed by atoms with van der Waals surface area (Å²) in [7, 11) is 1.59. The molecule has 0 spiro atoms. The highest BCUT2D eigenvalue weighted by atomic mass is 19.2. The highest BCUT2D eigenvalue weighted by Crippen LogP contribution is 2.20. The number of hydrogen-bond donors (Lipinski definition) is 1. The second kappa shape index (κ2) is 6.52. The van der Waals surface area contributed by atoms with Crippen LogP contribution in [0, 0.1) is 17.5 Å². The summed E-state index contributed by atoms with van der Waals surface area (Å²) in [5, 5.41) is 2.84. The predicted octanol–water partition coefficient (Wildman–Crippen LogP) is 4.16. The van der Waals surface area contributed by atoms with Crippen molar-refractivity contribution in [2.75, 3.05) is 12.4 Å². The third kappa shape index (κ3) is 3.90. The van der Waals surface area contributed by atoms with Gasteiger partial charge in [0, 0.05) is 18.2 Å². The van der Waals surface area contributed by atoms with Gasteiger partial charge in [-0.25, -0.2) is 13.2 Å². The van der Waals surface area contributed by atoms with E-state index in [1.54, 1.807) is 7.11 Å². The van der Waals surface area contributed by atoms with Crippen molar-refractivity contribution < 1.29 is 17.9 Å². The molecule has 0 aliphatic carbocycles. The van der Waals surface area contributed by atoms with Crippen molar-refractivity contribution in [1.82, 2.24) is 0 Å². The second-order valence-electron chi connectivity index (χ2n) is 4.84. The maximum absolute atomic E-state index is 13.5. The van der Waals surface area contributed by atoms with Crippen molar-refractivity contribution in [3.05, 3.63) is 59.4 Å². The van der Waals surface area contributed by atoms with Crippen LogP contribution in [0.1, 0.15) is 12.5 Å². The van der Waals surface area contributed by atoms with Gasteiger partial charge in [0.05, 0.1) is 12.8 Å². The molecule has 21 heavy (non-hydrogen) atoms. The Balaban J connectivity index is 2.04. The van der Waals surface area contributed by atoms with E-state index in [0.29, 0.717) is 12.5 Å². The zero-order valence-electron chi connectivity index (χ0n) is 11.8. The third-order valence-corrected chi connectivity index (χ3v) is 3.11. The van der Waals surface area contributed by atoms with E-state index in [-0.39, 0.29) is 11.7 Å². The first-order chi connectivity index (χ1) is 9.99. The van der Waals surface area contributed by atoms with Gasteiger partial charge in [-0.1, -0.05) is 12.1 Å². The molecule has 0 aliphatic heterocycles. The molecule has 0 fully saturated rings. The Kier molecular flexibility index (Phi) is 4.73. The summed E-state index contributed by atoms with van der Waals surface area (Å²) in [5.74, 6) is -2.32. The molecule has 0 bridgehead atoms. The quantitative estimate of drug-likeness (QED) is 0.836. The number of nitrogens with one attached hydrogen (secondary N) is 1. The molecule has 0 saturated carbocycles. The van der Waals surface area contributed by atoms with Gasteiger partial charge in [0.2, 0.25) is 0 Å². The van der Waals surface area contributed by atoms with Crippen LogP contribution < -0.4 is 10.1 Å². The maximum Gasteiger partial charge on any atom is 0.161 e. The van der Waals surface area contributed by atoms with Gasteiger partial charge in [0.1, 0.15) is 11.6 Å². The van der Waals surface area contributed by atoms with Gasteiger partial charge in [0.25, 0.3) is 0 Å². The summed E-state index contributed by atoms with van der Waals surface area (Å²) >= 11 is 0. The van der Waals surface area contributed by atoms with Gasteiger partial charge in [-0.05, 0) is 31.0 Å². The van der Waals surface area contributed by atoms with Crippen molar-refractivity contribution >= 4 is 5.69 Å². The fourth-order valence-corrected chi connectivity index (χ4v) is 2.06. The summed E-state index contributed by atoms with van der Waals surface area (Å²) in [5.41, 5.74) is 0.980. The highest BCUT2D eigenvalue weighted by Gasteiger charge is 2.12. The van der Waals surface area contributed by atoms with Crippen LogP contribution in [0.4, 0.5) is 18.9 Å². The molecule has 0 saturated heterocycles. The van der Waals surface area contributed by atoms with Gasteiger partial charge in [-0.3, -0.25) is 0 Å². The maximum atomic E-state index is 13.5. The van der Waals surface area contributed by atoms with E-state index in [2.05, 4.69) is 5.32 Å². The number of ether oxygens (including phenoxy) is 1. The monoisotopic (exact) mass is 295 g/mol. The summed E-state index contributed by atoms with van der Waals surface area (Å²) in [4.78, 5) is 0. The Morgan fingerprint density at radius 2 is 1.62 bits per heavy atom. The predicted molar refractivity (Wildman–Crippen MR) is 76.1 cm³/mol. The minimum Gasteiger partial charge on any atom is -0.497 e. The van der Waals surface area contributed by atoms with Crippen LogP contribution in [0.25, 0.3) is 0 Å². The number of anilines is 1. The lowest BCUT2D eigenvalue weighted by molar-refractivity contribution is 0.414. The van der Waals surface area contributed by atoms with E-state index < -0.39 is 17.5 Å². The standard InChI is InChI=1S/C16H16F3NO/c1-10(7-11-3-5-12(21-2)6-4-11)20-16-9-14(18)13(17)8-15(16)19/h3-6,8-10,20H,7H2,1-2H3. The topological polar surface area (TPSA) is 21.3 Å². The molecule has 0 amide bonds. The Labute approximate surface area is 121 Å². The Morgan fingerprint density at radius 1 is 1.00 bits per heavy atom. The van der Waals surface area contributed by atoms with Gasteiger partial charge in [-0.15, -0.1) is 0 Å². The fourth-order valence-electron chi connectivity index (χ4n) is 2.06. The van der Waals surface area contributed by atoms with Crippen molar-refractivity contribution in [1.29, 1.82) is 0 Å². The van der Waals surface area contributed by atoms with Crippen LogP contribution in [-0.4, -0.2) is 13.2 Å². The van der Waals surface area contributed by atoms with Crippen LogP contribution >= 0.6 is 0 Å². The minimum atomic E-state index is -1.19. The van der Waals surface area contributed by atoms with Crippen molar-refractivity contribution in [3.63, 3.8) is 0 Å². The molecule has 2 aromatic carbocycles. The molecule has 112 valence electrons. The number of hydrogen-bond acceptors (Lipinski definition) is 2. The lowest BCUT2D eigenvalue weighted by Crippen LogP contribution is -2.19. The first-order valence-electron chi connectivity index (χ1n) is 6.53. The van der Waals surface area contributed by atoms with Gasteiger partial charge in [-0.2, -0.15) is 0 Å². The molecule has 1 atom stereocenters. The molecule has 2 aromatic rings. The summed E-state index contributed by atoms with van der Waals surface area (Å²) < 4.78 is 44.6. The second-order valence-corrected chi connectivity index (χ2v) is 4.84. The van der Waals surface area contributed by atoms with Gasteiger partial charge < -0.3 is 10.1 Å². The molecule has 0 radical (unpaired) electrons. The number of halogens is 3. The molecule has 0 aromatic heterocycles. The van der Waals surface area contributed by atoms with E-state index in [4.69, 9.17) is 4.74 Å². The lowest BCUT2D eigenvalue weighted by Gasteiger charge is -2.16. The van der Waals surface area contributed by atoms with Crippen LogP contribution in [0.2, 0.25) is 0 Å². The van der Waals surface area contributed by atoms with Gasteiger partial charge in [0.15, 0.2) is 11.6 Å². The Morgan fingerprint density at radius 3 is 2.24 bits per heavy atom. The summed E-state index contributed by atoms with van der Waals surface area (Å²) in [6, 6.07) is 8.70. The van der Waals surface area contributed by atoms with Crippen molar-refractivity contribution in [2.24, 2.45) is 0 Å². The molecular weight excluding hydrogens is 279 g/mol. The molecule has 2 rings (SSSR count). The highest BCUT2D eigenvalue weighted by molar-refractivity contribution is 5.46. The smallest absolute Gasteiger partial charge is 0.161 e. The van der Waals surface area contributed by atoms with Crippen molar-refractivity contribution in [3.8, 4) is 5.75 Å². The summed E-state index contributed by atoms with van der Waals surface area (Å²) in [6.07, 6.45) is 0.614. The average molecular weight is 295 g/mol. The Bertz CT molecular complexity index is 614. The van der Waals surface area contributed by atoms with E-state index in [1.807, 2.05) is 31.2 Å². The van der Waals surface area contributed by atoms with E-state index in [0.717, 1.165) is 17.4 Å². The van der Waals surface area contributed by atoms with E-state index in [1.165, 1.54) is 0 Å². The van der Waals surface area contributed by atoms with E-state index in [9.17, 15) is 13.2 Å². The first kappa shape index (κ1) is 15.2. The molecule has 0 aliphatic rings. The number of methoxy groups -OCH3 is 1. The lowest BCUT2D eigenvalue weighted by atomic mass is 10.1. The number of rotatable bonds is 5. The first-order valence-corrected chi connectivity index (χ1v) is 6.53. The van der Waals surface area contributed by atoms with E-state index >= 15 is 0 Å². The molecular formula is C16H16F3NO. The minimum absolute atomic E-state index is 0.0464. The normalized spacial score (nSPS) is 12.0. The average Bonchev–Trinajstić information content (AvgIpc) is 2.45. The third-order valence-electron chi connectivity index (χ3n) is 3.11. The molecule has 2 nitrogen and oxygen atoms in total.